The van der Waals surface area contributed by atoms with E-state index in [1.54, 1.807) is 0 Å². The molecule has 0 amide bonds. The monoisotopic (exact) mass is 220 g/mol. The number of nitrogens with zero attached hydrogens (tertiary/aromatic N) is 1. The van der Waals surface area contributed by atoms with Crippen molar-refractivity contribution in [2.45, 2.75) is 26.7 Å². The first kappa shape index (κ1) is 13.2. The lowest BCUT2D eigenvalue weighted by Crippen LogP contribution is -2.39. The molecule has 0 aliphatic carbocycles. The molecule has 0 saturated carbocycles. The van der Waals surface area contributed by atoms with Crippen LogP contribution in [0.25, 0.3) is 0 Å². The molecule has 0 aromatic heterocycles. The average molecular weight is 220 g/mol. The van der Waals surface area contributed by atoms with Crippen LogP contribution in [0.1, 0.15) is 25.8 Å². The molecule has 0 unspecified atom stereocenters. The van der Waals surface area contributed by atoms with Gasteiger partial charge in [-0.2, -0.15) is 0 Å². The fourth-order valence-electron chi connectivity index (χ4n) is 1.93. The molecule has 0 aliphatic rings. The Bertz CT molecular complexity index is 293. The summed E-state index contributed by atoms with van der Waals surface area (Å²) >= 11 is 0. The van der Waals surface area contributed by atoms with Gasteiger partial charge in [-0.1, -0.05) is 44.2 Å². The van der Waals surface area contributed by atoms with Gasteiger partial charge in [-0.15, -0.1) is 0 Å². The fraction of sp³-hybridized carbons (Fsp3) is 0.571. The lowest BCUT2D eigenvalue weighted by Gasteiger charge is -2.29. The van der Waals surface area contributed by atoms with E-state index in [0.717, 1.165) is 13.0 Å². The zero-order valence-electron chi connectivity index (χ0n) is 11.0. The van der Waals surface area contributed by atoms with Gasteiger partial charge in [-0.3, -0.25) is 5.43 Å². The SMILES string of the molecule is CNN(C)CC(C)(C)CCc1ccccc1. The molecule has 1 aromatic carbocycles. The summed E-state index contributed by atoms with van der Waals surface area (Å²) in [5, 5.41) is 2.14. The minimum absolute atomic E-state index is 0.341. The van der Waals surface area contributed by atoms with Gasteiger partial charge in [0.2, 0.25) is 0 Å². The standard InChI is InChI=1S/C14H24N2/c1-14(2,12-16(4)15-3)11-10-13-8-6-5-7-9-13/h5-9,15H,10-12H2,1-4H3. The Balaban J connectivity index is 2.41. The second kappa shape index (κ2) is 6.02. The van der Waals surface area contributed by atoms with Gasteiger partial charge in [0.05, 0.1) is 0 Å². The van der Waals surface area contributed by atoms with Crippen LogP contribution >= 0.6 is 0 Å². The topological polar surface area (TPSA) is 15.3 Å². The van der Waals surface area contributed by atoms with Crippen LogP contribution in [0.15, 0.2) is 30.3 Å². The highest BCUT2D eigenvalue weighted by Crippen LogP contribution is 2.23. The maximum Gasteiger partial charge on any atom is 0.0179 e. The van der Waals surface area contributed by atoms with Gasteiger partial charge in [0.15, 0.2) is 0 Å². The molecule has 0 bridgehead atoms. The second-order valence-corrected chi connectivity index (χ2v) is 5.23. The summed E-state index contributed by atoms with van der Waals surface area (Å²) in [7, 11) is 4.05. The van der Waals surface area contributed by atoms with E-state index in [0.29, 0.717) is 5.41 Å². The van der Waals surface area contributed by atoms with E-state index in [2.05, 4.69) is 61.7 Å². The minimum atomic E-state index is 0.341. The number of rotatable bonds is 6. The average Bonchev–Trinajstić information content (AvgIpc) is 2.27. The van der Waals surface area contributed by atoms with Crippen LogP contribution in [-0.4, -0.2) is 25.6 Å². The summed E-state index contributed by atoms with van der Waals surface area (Å²) in [5.41, 5.74) is 4.93. The first-order chi connectivity index (χ1) is 7.53. The van der Waals surface area contributed by atoms with Gasteiger partial charge in [0.1, 0.15) is 0 Å². The van der Waals surface area contributed by atoms with Gasteiger partial charge >= 0.3 is 0 Å². The quantitative estimate of drug-likeness (QED) is 0.742. The number of hydrogen-bond acceptors (Lipinski definition) is 2. The first-order valence-electron chi connectivity index (χ1n) is 5.96. The molecule has 0 spiro atoms. The third-order valence-electron chi connectivity index (χ3n) is 2.98. The van der Waals surface area contributed by atoms with E-state index < -0.39 is 0 Å². The third-order valence-corrected chi connectivity index (χ3v) is 2.98. The van der Waals surface area contributed by atoms with Gasteiger partial charge in [0.25, 0.3) is 0 Å². The Morgan fingerprint density at radius 2 is 1.81 bits per heavy atom. The highest BCUT2D eigenvalue weighted by Gasteiger charge is 2.19. The van der Waals surface area contributed by atoms with Crippen LogP contribution < -0.4 is 5.43 Å². The molecule has 90 valence electrons. The van der Waals surface area contributed by atoms with E-state index in [1.807, 2.05) is 7.05 Å². The molecular formula is C14H24N2. The van der Waals surface area contributed by atoms with Crippen LogP contribution in [0, 0.1) is 5.41 Å². The molecule has 1 aromatic rings. The molecule has 0 saturated heterocycles. The van der Waals surface area contributed by atoms with Crippen LogP contribution in [0.2, 0.25) is 0 Å². The van der Waals surface area contributed by atoms with Crippen LogP contribution in [-0.2, 0) is 6.42 Å². The number of aryl methyl sites for hydroxylation is 1. The van der Waals surface area contributed by atoms with E-state index in [1.165, 1.54) is 12.0 Å². The summed E-state index contributed by atoms with van der Waals surface area (Å²) in [6, 6.07) is 10.7. The van der Waals surface area contributed by atoms with E-state index in [9.17, 15) is 0 Å². The summed E-state index contributed by atoms with van der Waals surface area (Å²) < 4.78 is 0. The highest BCUT2D eigenvalue weighted by molar-refractivity contribution is 5.14. The maximum atomic E-state index is 3.15. The van der Waals surface area contributed by atoms with Crippen LogP contribution in [0.5, 0.6) is 0 Å². The predicted octanol–water partition coefficient (Wildman–Crippen LogP) is 2.71. The molecule has 0 radical (unpaired) electrons. The van der Waals surface area contributed by atoms with Crippen LogP contribution in [0.4, 0.5) is 0 Å². The van der Waals surface area contributed by atoms with E-state index >= 15 is 0 Å². The maximum absolute atomic E-state index is 3.15. The number of nitrogens with one attached hydrogen (secondary N) is 1. The number of benzene rings is 1. The zero-order valence-corrected chi connectivity index (χ0v) is 11.0. The van der Waals surface area contributed by atoms with Crippen molar-refractivity contribution in [1.29, 1.82) is 0 Å². The van der Waals surface area contributed by atoms with Crippen molar-refractivity contribution in [2.75, 3.05) is 20.6 Å². The second-order valence-electron chi connectivity index (χ2n) is 5.23. The van der Waals surface area contributed by atoms with Crippen molar-refractivity contribution in [1.82, 2.24) is 10.4 Å². The van der Waals surface area contributed by atoms with E-state index in [-0.39, 0.29) is 0 Å². The molecule has 0 aliphatic heterocycles. The Morgan fingerprint density at radius 1 is 1.19 bits per heavy atom. The summed E-state index contributed by atoms with van der Waals surface area (Å²) in [6.45, 7) is 5.71. The molecule has 2 heteroatoms. The predicted molar refractivity (Wildman–Crippen MR) is 70.2 cm³/mol. The van der Waals surface area contributed by atoms with Gasteiger partial charge in [0, 0.05) is 13.6 Å². The Labute approximate surface area is 99.6 Å². The first-order valence-corrected chi connectivity index (χ1v) is 5.96. The summed E-state index contributed by atoms with van der Waals surface area (Å²) in [6.07, 6.45) is 2.37. The van der Waals surface area contributed by atoms with Crippen molar-refractivity contribution < 1.29 is 0 Å². The minimum Gasteiger partial charge on any atom is -0.259 e. The smallest absolute Gasteiger partial charge is 0.0179 e. The molecule has 16 heavy (non-hydrogen) atoms. The molecule has 1 rings (SSSR count). The summed E-state index contributed by atoms with van der Waals surface area (Å²) in [5.74, 6) is 0. The highest BCUT2D eigenvalue weighted by atomic mass is 15.5. The van der Waals surface area contributed by atoms with Crippen LogP contribution in [0.3, 0.4) is 0 Å². The molecule has 2 nitrogen and oxygen atoms in total. The largest absolute Gasteiger partial charge is 0.259 e. The van der Waals surface area contributed by atoms with E-state index in [4.69, 9.17) is 0 Å². The van der Waals surface area contributed by atoms with Gasteiger partial charge in [-0.25, -0.2) is 5.01 Å². The van der Waals surface area contributed by atoms with Gasteiger partial charge in [-0.05, 0) is 30.9 Å². The Kier molecular flexibility index (Phi) is 4.97. The Morgan fingerprint density at radius 3 is 2.38 bits per heavy atom. The molecule has 0 atom stereocenters. The lowest BCUT2D eigenvalue weighted by atomic mass is 9.86. The van der Waals surface area contributed by atoms with Crippen molar-refractivity contribution >= 4 is 0 Å². The lowest BCUT2D eigenvalue weighted by molar-refractivity contribution is 0.158. The zero-order chi connectivity index (χ0) is 12.0. The molecule has 0 fully saturated rings. The Hall–Kier alpha value is -0.860. The molecule has 1 N–H and O–H groups in total. The summed E-state index contributed by atoms with van der Waals surface area (Å²) in [4.78, 5) is 0. The van der Waals surface area contributed by atoms with Crippen molar-refractivity contribution in [2.24, 2.45) is 5.41 Å². The number of hydrogen-bond donors (Lipinski definition) is 1. The van der Waals surface area contributed by atoms with Crippen molar-refractivity contribution in [3.8, 4) is 0 Å². The normalized spacial score (nSPS) is 12.1. The molecule has 0 heterocycles. The van der Waals surface area contributed by atoms with Crippen molar-refractivity contribution in [3.63, 3.8) is 0 Å². The van der Waals surface area contributed by atoms with Gasteiger partial charge < -0.3 is 0 Å². The number of hydrazine groups is 1. The molecular weight excluding hydrogens is 196 g/mol. The van der Waals surface area contributed by atoms with Crippen molar-refractivity contribution in [3.05, 3.63) is 35.9 Å². The third kappa shape index (κ3) is 4.77. The fourth-order valence-corrected chi connectivity index (χ4v) is 1.93.